The largest absolute Gasteiger partial charge is 0.380 e. The Morgan fingerprint density at radius 1 is 1.27 bits per heavy atom. The first-order chi connectivity index (χ1) is 5.20. The number of methoxy groups -OCH3 is 1. The molecule has 0 rings (SSSR count). The van der Waals surface area contributed by atoms with Crippen molar-refractivity contribution in [2.24, 2.45) is 0 Å². The molecule has 0 saturated carbocycles. The molecule has 0 aliphatic carbocycles. The number of ether oxygens (including phenoxy) is 1. The van der Waals surface area contributed by atoms with Crippen molar-refractivity contribution < 1.29 is 4.74 Å². The lowest BCUT2D eigenvalue weighted by Crippen LogP contribution is -2.38. The number of rotatable bonds is 6. The van der Waals surface area contributed by atoms with Gasteiger partial charge in [-0.15, -0.1) is 0 Å². The Kier molecular flexibility index (Phi) is 6.51. The van der Waals surface area contributed by atoms with Gasteiger partial charge in [-0.05, 0) is 20.9 Å². The molecule has 0 aliphatic heterocycles. The zero-order valence-corrected chi connectivity index (χ0v) is 7.98. The third-order valence-corrected chi connectivity index (χ3v) is 1.67. The van der Waals surface area contributed by atoms with Crippen LogP contribution in [0, 0.1) is 0 Å². The van der Waals surface area contributed by atoms with Gasteiger partial charge in [-0.3, -0.25) is 0 Å². The van der Waals surface area contributed by atoms with Crippen molar-refractivity contribution in [3.05, 3.63) is 0 Å². The lowest BCUT2D eigenvalue weighted by molar-refractivity contribution is 0.115. The van der Waals surface area contributed by atoms with Gasteiger partial charge in [0.05, 0.1) is 6.10 Å². The highest BCUT2D eigenvalue weighted by Crippen LogP contribution is 1.85. The van der Waals surface area contributed by atoms with Crippen molar-refractivity contribution in [3.8, 4) is 0 Å². The Morgan fingerprint density at radius 3 is 2.36 bits per heavy atom. The van der Waals surface area contributed by atoms with E-state index >= 15 is 0 Å². The summed E-state index contributed by atoms with van der Waals surface area (Å²) in [5.41, 5.74) is 0. The first-order valence-corrected chi connectivity index (χ1v) is 4.11. The number of hydrogen-bond donors (Lipinski definition) is 2. The first kappa shape index (κ1) is 10.9. The summed E-state index contributed by atoms with van der Waals surface area (Å²) in [7, 11) is 3.69. The fourth-order valence-electron chi connectivity index (χ4n) is 0.829. The Hall–Kier alpha value is -0.120. The van der Waals surface area contributed by atoms with E-state index in [-0.39, 0.29) is 0 Å². The molecule has 0 saturated heterocycles. The van der Waals surface area contributed by atoms with E-state index in [9.17, 15) is 0 Å². The van der Waals surface area contributed by atoms with E-state index in [0.717, 1.165) is 13.1 Å². The normalized spacial score (nSPS) is 16.4. The average Bonchev–Trinajstić information content (AvgIpc) is 2.01. The summed E-state index contributed by atoms with van der Waals surface area (Å²) in [5, 5.41) is 6.45. The molecule has 2 N–H and O–H groups in total. The summed E-state index contributed by atoms with van der Waals surface area (Å²) in [6.45, 7) is 6.12. The van der Waals surface area contributed by atoms with Crippen molar-refractivity contribution >= 4 is 0 Å². The van der Waals surface area contributed by atoms with Crippen molar-refractivity contribution in [3.63, 3.8) is 0 Å². The summed E-state index contributed by atoms with van der Waals surface area (Å²) in [5.74, 6) is 0. The number of nitrogens with one attached hydrogen (secondary N) is 2. The van der Waals surface area contributed by atoms with Gasteiger partial charge in [-0.1, -0.05) is 0 Å². The van der Waals surface area contributed by atoms with Crippen molar-refractivity contribution in [1.82, 2.24) is 10.6 Å². The van der Waals surface area contributed by atoms with E-state index < -0.39 is 0 Å². The zero-order chi connectivity index (χ0) is 8.69. The molecule has 0 aromatic carbocycles. The molecule has 11 heavy (non-hydrogen) atoms. The maximum Gasteiger partial charge on any atom is 0.0667 e. The molecule has 0 spiro atoms. The molecule has 0 aromatic rings. The van der Waals surface area contributed by atoms with E-state index in [4.69, 9.17) is 4.74 Å². The van der Waals surface area contributed by atoms with Crippen LogP contribution >= 0.6 is 0 Å². The Labute approximate surface area is 69.5 Å². The van der Waals surface area contributed by atoms with Gasteiger partial charge in [0.2, 0.25) is 0 Å². The smallest absolute Gasteiger partial charge is 0.0667 e. The van der Waals surface area contributed by atoms with Gasteiger partial charge >= 0.3 is 0 Å². The molecule has 0 aromatic heterocycles. The quantitative estimate of drug-likeness (QED) is 0.583. The van der Waals surface area contributed by atoms with Crippen LogP contribution in [0.2, 0.25) is 0 Å². The molecule has 2 atom stereocenters. The Balaban J connectivity index is 3.22. The molecule has 3 heteroatoms. The van der Waals surface area contributed by atoms with Gasteiger partial charge in [0.25, 0.3) is 0 Å². The van der Waals surface area contributed by atoms with Crippen LogP contribution in [0.1, 0.15) is 13.8 Å². The minimum Gasteiger partial charge on any atom is -0.380 e. The van der Waals surface area contributed by atoms with Gasteiger partial charge in [-0.25, -0.2) is 0 Å². The minimum absolute atomic E-state index is 0.300. The van der Waals surface area contributed by atoms with Crippen LogP contribution in [0.5, 0.6) is 0 Å². The predicted octanol–water partition coefficient (Wildman–Crippen LogP) is 0.219. The van der Waals surface area contributed by atoms with Crippen LogP contribution in [-0.2, 0) is 4.74 Å². The highest BCUT2D eigenvalue weighted by atomic mass is 16.5. The third-order valence-electron chi connectivity index (χ3n) is 1.67. The molecule has 68 valence electrons. The van der Waals surface area contributed by atoms with Crippen LogP contribution in [-0.4, -0.2) is 39.4 Å². The van der Waals surface area contributed by atoms with Crippen molar-refractivity contribution in [2.75, 3.05) is 27.2 Å². The van der Waals surface area contributed by atoms with Crippen LogP contribution in [0.15, 0.2) is 0 Å². The minimum atomic E-state index is 0.300. The molecule has 0 fully saturated rings. The highest BCUT2D eigenvalue weighted by molar-refractivity contribution is 4.64. The van der Waals surface area contributed by atoms with Crippen LogP contribution < -0.4 is 10.6 Å². The second-order valence-corrected chi connectivity index (χ2v) is 2.91. The van der Waals surface area contributed by atoms with Gasteiger partial charge in [0.1, 0.15) is 0 Å². The van der Waals surface area contributed by atoms with E-state index in [1.54, 1.807) is 7.11 Å². The SMILES string of the molecule is CNCC(C)NCC(C)OC. The van der Waals surface area contributed by atoms with Gasteiger partial charge < -0.3 is 15.4 Å². The summed E-state index contributed by atoms with van der Waals surface area (Å²) >= 11 is 0. The molecule has 0 radical (unpaired) electrons. The van der Waals surface area contributed by atoms with Crippen LogP contribution in [0.25, 0.3) is 0 Å². The van der Waals surface area contributed by atoms with E-state index in [1.165, 1.54) is 0 Å². The molecule has 0 bridgehead atoms. The third kappa shape index (κ3) is 6.28. The lowest BCUT2D eigenvalue weighted by Gasteiger charge is -2.16. The maximum atomic E-state index is 5.10. The molecule has 0 amide bonds. The summed E-state index contributed by atoms with van der Waals surface area (Å²) in [6.07, 6.45) is 0.300. The van der Waals surface area contributed by atoms with Gasteiger partial charge in [0.15, 0.2) is 0 Å². The van der Waals surface area contributed by atoms with E-state index in [1.807, 2.05) is 7.05 Å². The number of hydrogen-bond acceptors (Lipinski definition) is 3. The van der Waals surface area contributed by atoms with Crippen molar-refractivity contribution in [1.29, 1.82) is 0 Å². The maximum absolute atomic E-state index is 5.10. The Morgan fingerprint density at radius 2 is 1.91 bits per heavy atom. The molecule has 0 aliphatic rings. The predicted molar refractivity (Wildman–Crippen MR) is 47.9 cm³/mol. The molecule has 0 heterocycles. The monoisotopic (exact) mass is 160 g/mol. The van der Waals surface area contributed by atoms with E-state index in [2.05, 4.69) is 24.5 Å². The number of likely N-dealkylation sites (N-methyl/N-ethyl adjacent to an activating group) is 1. The second kappa shape index (κ2) is 6.58. The molecule has 3 nitrogen and oxygen atoms in total. The van der Waals surface area contributed by atoms with Gasteiger partial charge in [0, 0.05) is 26.2 Å². The average molecular weight is 160 g/mol. The van der Waals surface area contributed by atoms with Crippen LogP contribution in [0.4, 0.5) is 0 Å². The first-order valence-electron chi connectivity index (χ1n) is 4.11. The lowest BCUT2D eigenvalue weighted by atomic mass is 10.3. The Bertz CT molecular complexity index is 88.2. The van der Waals surface area contributed by atoms with Crippen molar-refractivity contribution in [2.45, 2.75) is 26.0 Å². The fraction of sp³-hybridized carbons (Fsp3) is 1.00. The van der Waals surface area contributed by atoms with E-state index in [0.29, 0.717) is 12.1 Å². The standard InChI is InChI=1S/C8H20N2O/c1-7(5-9-3)10-6-8(2)11-4/h7-10H,5-6H2,1-4H3. The summed E-state index contributed by atoms with van der Waals surface area (Å²) in [6, 6.07) is 0.512. The molecular formula is C8H20N2O. The van der Waals surface area contributed by atoms with Gasteiger partial charge in [-0.2, -0.15) is 0 Å². The second-order valence-electron chi connectivity index (χ2n) is 2.91. The molecule has 2 unspecified atom stereocenters. The summed E-state index contributed by atoms with van der Waals surface area (Å²) in [4.78, 5) is 0. The zero-order valence-electron chi connectivity index (χ0n) is 7.98. The highest BCUT2D eigenvalue weighted by Gasteiger charge is 2.02. The topological polar surface area (TPSA) is 33.3 Å². The van der Waals surface area contributed by atoms with Crippen LogP contribution in [0.3, 0.4) is 0 Å². The molecular weight excluding hydrogens is 140 g/mol. The summed E-state index contributed by atoms with van der Waals surface area (Å²) < 4.78 is 5.10. The fourth-order valence-corrected chi connectivity index (χ4v) is 0.829.